The molecule has 0 saturated heterocycles. The van der Waals surface area contributed by atoms with Gasteiger partial charge in [-0.1, -0.05) is 41.4 Å². The van der Waals surface area contributed by atoms with E-state index in [2.05, 4.69) is 5.32 Å². The van der Waals surface area contributed by atoms with Crippen LogP contribution in [-0.2, 0) is 17.9 Å². The number of halogens is 2. The summed E-state index contributed by atoms with van der Waals surface area (Å²) in [6.45, 7) is 2.53. The minimum absolute atomic E-state index is 0.423. The van der Waals surface area contributed by atoms with Gasteiger partial charge in [0.1, 0.15) is 12.4 Å². The summed E-state index contributed by atoms with van der Waals surface area (Å²) >= 11 is 12.2. The van der Waals surface area contributed by atoms with Crippen LogP contribution in [0.4, 0.5) is 0 Å². The standard InChI is InChI=1S/C17H19Cl2NO2/c1-21-9-8-20-11-14-10-15(18)6-7-17(14)22-12-13-4-2-3-5-16(13)19/h2-7,10,20H,8-9,11-12H2,1H3. The van der Waals surface area contributed by atoms with E-state index in [4.69, 9.17) is 32.7 Å². The highest BCUT2D eigenvalue weighted by Gasteiger charge is 2.06. The fraction of sp³-hybridized carbons (Fsp3) is 0.294. The molecule has 0 bridgehead atoms. The molecule has 0 aromatic heterocycles. The molecule has 0 radical (unpaired) electrons. The zero-order valence-electron chi connectivity index (χ0n) is 12.4. The zero-order valence-corrected chi connectivity index (χ0v) is 14.0. The van der Waals surface area contributed by atoms with Crippen molar-refractivity contribution in [3.63, 3.8) is 0 Å². The first-order valence-electron chi connectivity index (χ1n) is 7.05. The third-order valence-electron chi connectivity index (χ3n) is 3.16. The summed E-state index contributed by atoms with van der Waals surface area (Å²) in [5.41, 5.74) is 1.97. The van der Waals surface area contributed by atoms with E-state index < -0.39 is 0 Å². The van der Waals surface area contributed by atoms with Crippen molar-refractivity contribution < 1.29 is 9.47 Å². The molecule has 1 N–H and O–H groups in total. The Bertz CT molecular complexity index is 605. The van der Waals surface area contributed by atoms with Crippen LogP contribution in [-0.4, -0.2) is 20.3 Å². The molecule has 2 aromatic carbocycles. The van der Waals surface area contributed by atoms with Crippen molar-refractivity contribution in [3.8, 4) is 5.75 Å². The minimum atomic E-state index is 0.423. The Morgan fingerprint density at radius 1 is 1.05 bits per heavy atom. The molecular weight excluding hydrogens is 321 g/mol. The molecule has 22 heavy (non-hydrogen) atoms. The normalized spacial score (nSPS) is 10.7. The number of ether oxygens (including phenoxy) is 2. The van der Waals surface area contributed by atoms with Crippen LogP contribution in [0, 0.1) is 0 Å². The maximum absolute atomic E-state index is 6.15. The molecule has 0 spiro atoms. The quantitative estimate of drug-likeness (QED) is 0.727. The summed E-state index contributed by atoms with van der Waals surface area (Å²) in [6, 6.07) is 13.3. The largest absolute Gasteiger partial charge is 0.489 e. The predicted molar refractivity (Wildman–Crippen MR) is 90.8 cm³/mol. The summed E-state index contributed by atoms with van der Waals surface area (Å²) in [4.78, 5) is 0. The fourth-order valence-corrected chi connectivity index (χ4v) is 2.38. The van der Waals surface area contributed by atoms with E-state index in [1.165, 1.54) is 0 Å². The molecule has 118 valence electrons. The maximum atomic E-state index is 6.15. The van der Waals surface area contributed by atoms with Crippen LogP contribution in [0.1, 0.15) is 11.1 Å². The topological polar surface area (TPSA) is 30.5 Å². The fourth-order valence-electron chi connectivity index (χ4n) is 2.00. The zero-order chi connectivity index (χ0) is 15.8. The molecule has 0 atom stereocenters. The number of nitrogens with one attached hydrogen (secondary N) is 1. The molecule has 0 aliphatic heterocycles. The average molecular weight is 340 g/mol. The second-order valence-electron chi connectivity index (χ2n) is 4.80. The highest BCUT2D eigenvalue weighted by molar-refractivity contribution is 6.31. The molecule has 0 aliphatic carbocycles. The summed E-state index contributed by atoms with van der Waals surface area (Å²) in [5, 5.41) is 4.68. The van der Waals surface area contributed by atoms with Gasteiger partial charge in [0.25, 0.3) is 0 Å². The lowest BCUT2D eigenvalue weighted by Gasteiger charge is -2.13. The van der Waals surface area contributed by atoms with E-state index in [-0.39, 0.29) is 0 Å². The Hall–Kier alpha value is -1.26. The Kier molecular flexibility index (Phi) is 7.00. The van der Waals surface area contributed by atoms with E-state index in [0.717, 1.165) is 23.4 Å². The number of rotatable bonds is 8. The summed E-state index contributed by atoms with van der Waals surface area (Å²) in [7, 11) is 1.68. The minimum Gasteiger partial charge on any atom is -0.489 e. The Morgan fingerprint density at radius 2 is 1.86 bits per heavy atom. The van der Waals surface area contributed by atoms with Crippen LogP contribution in [0.15, 0.2) is 42.5 Å². The highest BCUT2D eigenvalue weighted by Crippen LogP contribution is 2.25. The molecule has 5 heteroatoms. The second kappa shape index (κ2) is 9.01. The summed E-state index contributed by atoms with van der Waals surface area (Å²) in [6.07, 6.45) is 0. The monoisotopic (exact) mass is 339 g/mol. The highest BCUT2D eigenvalue weighted by atomic mass is 35.5. The Labute approximate surface area is 141 Å². The van der Waals surface area contributed by atoms with E-state index in [1.54, 1.807) is 7.11 Å². The molecule has 2 aromatic rings. The SMILES string of the molecule is COCCNCc1cc(Cl)ccc1OCc1ccccc1Cl. The molecule has 0 amide bonds. The maximum Gasteiger partial charge on any atom is 0.124 e. The first-order valence-corrected chi connectivity index (χ1v) is 7.80. The third kappa shape index (κ3) is 5.18. The summed E-state index contributed by atoms with van der Waals surface area (Å²) in [5.74, 6) is 0.800. The van der Waals surface area contributed by atoms with E-state index in [0.29, 0.717) is 29.8 Å². The lowest BCUT2D eigenvalue weighted by atomic mass is 10.2. The lowest BCUT2D eigenvalue weighted by Crippen LogP contribution is -2.19. The van der Waals surface area contributed by atoms with Crippen molar-refractivity contribution in [2.24, 2.45) is 0 Å². The van der Waals surface area contributed by atoms with Gasteiger partial charge in [0.2, 0.25) is 0 Å². The van der Waals surface area contributed by atoms with Gasteiger partial charge in [0, 0.05) is 41.4 Å². The van der Waals surface area contributed by atoms with Gasteiger partial charge in [-0.15, -0.1) is 0 Å². The van der Waals surface area contributed by atoms with E-state index in [9.17, 15) is 0 Å². The first kappa shape index (κ1) is 17.1. The van der Waals surface area contributed by atoms with Gasteiger partial charge in [-0.2, -0.15) is 0 Å². The molecule has 0 heterocycles. The molecule has 2 rings (SSSR count). The van der Waals surface area contributed by atoms with Crippen molar-refractivity contribution in [3.05, 3.63) is 63.6 Å². The third-order valence-corrected chi connectivity index (χ3v) is 3.77. The van der Waals surface area contributed by atoms with Crippen LogP contribution in [0.3, 0.4) is 0 Å². The number of hydrogen-bond donors (Lipinski definition) is 1. The molecule has 0 aliphatic rings. The van der Waals surface area contributed by atoms with Crippen molar-refractivity contribution >= 4 is 23.2 Å². The van der Waals surface area contributed by atoms with Crippen LogP contribution in [0.2, 0.25) is 10.0 Å². The van der Waals surface area contributed by atoms with Crippen molar-refractivity contribution in [1.29, 1.82) is 0 Å². The van der Waals surface area contributed by atoms with Gasteiger partial charge in [-0.3, -0.25) is 0 Å². The Balaban J connectivity index is 2.01. The summed E-state index contributed by atoms with van der Waals surface area (Å²) < 4.78 is 10.9. The van der Waals surface area contributed by atoms with E-state index in [1.807, 2.05) is 42.5 Å². The lowest BCUT2D eigenvalue weighted by molar-refractivity contribution is 0.199. The number of hydrogen-bond acceptors (Lipinski definition) is 3. The van der Waals surface area contributed by atoms with Crippen molar-refractivity contribution in [2.75, 3.05) is 20.3 Å². The van der Waals surface area contributed by atoms with Crippen LogP contribution in [0.25, 0.3) is 0 Å². The van der Waals surface area contributed by atoms with Crippen molar-refractivity contribution in [1.82, 2.24) is 5.32 Å². The molecule has 0 saturated carbocycles. The van der Waals surface area contributed by atoms with Crippen LogP contribution < -0.4 is 10.1 Å². The van der Waals surface area contributed by atoms with Crippen LogP contribution in [0.5, 0.6) is 5.75 Å². The predicted octanol–water partition coefficient (Wildman–Crippen LogP) is 4.31. The number of methoxy groups -OCH3 is 1. The van der Waals surface area contributed by atoms with E-state index >= 15 is 0 Å². The van der Waals surface area contributed by atoms with Crippen molar-refractivity contribution in [2.45, 2.75) is 13.2 Å². The van der Waals surface area contributed by atoms with Gasteiger partial charge in [0.05, 0.1) is 6.61 Å². The average Bonchev–Trinajstić information content (AvgIpc) is 2.52. The number of benzene rings is 2. The van der Waals surface area contributed by atoms with Gasteiger partial charge >= 0.3 is 0 Å². The van der Waals surface area contributed by atoms with Gasteiger partial charge < -0.3 is 14.8 Å². The molecule has 0 fully saturated rings. The molecular formula is C17H19Cl2NO2. The van der Waals surface area contributed by atoms with Gasteiger partial charge in [-0.05, 0) is 24.3 Å². The molecule has 3 nitrogen and oxygen atoms in total. The molecule has 0 unspecified atom stereocenters. The second-order valence-corrected chi connectivity index (χ2v) is 5.65. The van der Waals surface area contributed by atoms with Gasteiger partial charge in [0.15, 0.2) is 0 Å². The van der Waals surface area contributed by atoms with Crippen LogP contribution >= 0.6 is 23.2 Å². The smallest absolute Gasteiger partial charge is 0.124 e. The van der Waals surface area contributed by atoms with Gasteiger partial charge in [-0.25, -0.2) is 0 Å². The first-order chi connectivity index (χ1) is 10.7. The Morgan fingerprint density at radius 3 is 2.64 bits per heavy atom.